The lowest BCUT2D eigenvalue weighted by Gasteiger charge is -2.12. The van der Waals surface area contributed by atoms with Crippen molar-refractivity contribution in [3.63, 3.8) is 0 Å². The van der Waals surface area contributed by atoms with Gasteiger partial charge in [-0.2, -0.15) is 0 Å². The summed E-state index contributed by atoms with van der Waals surface area (Å²) in [6, 6.07) is 24.8. The Kier molecular flexibility index (Phi) is 6.93. The van der Waals surface area contributed by atoms with Crippen molar-refractivity contribution < 1.29 is 28.2 Å². The van der Waals surface area contributed by atoms with E-state index in [0.717, 1.165) is 10.8 Å². The van der Waals surface area contributed by atoms with Gasteiger partial charge in [0.2, 0.25) is 0 Å². The fourth-order valence-electron chi connectivity index (χ4n) is 3.31. The van der Waals surface area contributed by atoms with Crippen LogP contribution in [0.2, 0.25) is 0 Å². The summed E-state index contributed by atoms with van der Waals surface area (Å²) in [5.74, 6) is -2.17. The Hall–Kier alpha value is -4.52. The van der Waals surface area contributed by atoms with Crippen LogP contribution >= 0.6 is 0 Å². The van der Waals surface area contributed by atoms with Gasteiger partial charge in [0.15, 0.2) is 19.0 Å². The van der Waals surface area contributed by atoms with Crippen molar-refractivity contribution in [3.8, 4) is 5.75 Å². The van der Waals surface area contributed by atoms with Crippen LogP contribution < -0.4 is 10.1 Å². The van der Waals surface area contributed by atoms with E-state index < -0.39 is 30.9 Å². The molecule has 0 aliphatic rings. The molecule has 4 rings (SSSR count). The number of hydrogen-bond acceptors (Lipinski definition) is 5. The third-order valence-electron chi connectivity index (χ3n) is 5.02. The van der Waals surface area contributed by atoms with Gasteiger partial charge in [0, 0.05) is 5.56 Å². The van der Waals surface area contributed by atoms with E-state index in [4.69, 9.17) is 9.47 Å². The molecule has 0 spiro atoms. The molecule has 1 N–H and O–H groups in total. The number of esters is 1. The highest BCUT2D eigenvalue weighted by molar-refractivity contribution is 6.02. The van der Waals surface area contributed by atoms with Gasteiger partial charge in [0.25, 0.3) is 5.91 Å². The number of amides is 1. The summed E-state index contributed by atoms with van der Waals surface area (Å²) >= 11 is 0. The molecule has 0 aliphatic carbocycles. The molecular formula is C27H20FNO5. The first-order chi connectivity index (χ1) is 16.5. The Morgan fingerprint density at radius 3 is 2.29 bits per heavy atom. The van der Waals surface area contributed by atoms with Crippen LogP contribution in [0.5, 0.6) is 5.75 Å². The van der Waals surface area contributed by atoms with Crippen molar-refractivity contribution in [2.45, 2.75) is 0 Å². The number of nitrogens with one attached hydrogen (secondary N) is 1. The minimum absolute atomic E-state index is 0.0241. The second-order valence-electron chi connectivity index (χ2n) is 7.37. The summed E-state index contributed by atoms with van der Waals surface area (Å²) in [7, 11) is 0. The van der Waals surface area contributed by atoms with Crippen molar-refractivity contribution in [1.29, 1.82) is 0 Å². The van der Waals surface area contributed by atoms with E-state index in [9.17, 15) is 18.8 Å². The summed E-state index contributed by atoms with van der Waals surface area (Å²) < 4.78 is 24.3. The van der Waals surface area contributed by atoms with Crippen LogP contribution in [0.1, 0.15) is 20.7 Å². The van der Waals surface area contributed by atoms with Crippen molar-refractivity contribution in [1.82, 2.24) is 0 Å². The molecule has 0 heterocycles. The summed E-state index contributed by atoms with van der Waals surface area (Å²) in [5, 5.41) is 4.31. The molecule has 0 atom stereocenters. The van der Waals surface area contributed by atoms with Crippen LogP contribution in [0, 0.1) is 5.82 Å². The molecule has 34 heavy (non-hydrogen) atoms. The van der Waals surface area contributed by atoms with Crippen LogP contribution in [0.25, 0.3) is 10.8 Å². The lowest BCUT2D eigenvalue weighted by molar-refractivity contribution is -0.118. The van der Waals surface area contributed by atoms with Gasteiger partial charge in [0.05, 0.1) is 5.69 Å². The van der Waals surface area contributed by atoms with Gasteiger partial charge in [-0.05, 0) is 41.1 Å². The van der Waals surface area contributed by atoms with E-state index in [-0.39, 0.29) is 22.8 Å². The Balaban J connectivity index is 1.36. The number of ether oxygens (including phenoxy) is 2. The van der Waals surface area contributed by atoms with Gasteiger partial charge >= 0.3 is 5.97 Å². The monoisotopic (exact) mass is 457 g/mol. The number of para-hydroxylation sites is 2. The molecular weight excluding hydrogens is 437 g/mol. The molecule has 6 nitrogen and oxygen atoms in total. The van der Waals surface area contributed by atoms with Crippen LogP contribution in [0.15, 0.2) is 91.0 Å². The van der Waals surface area contributed by atoms with Crippen LogP contribution in [-0.4, -0.2) is 30.9 Å². The molecule has 0 unspecified atom stereocenters. The van der Waals surface area contributed by atoms with Gasteiger partial charge in [-0.15, -0.1) is 0 Å². The van der Waals surface area contributed by atoms with E-state index in [1.807, 2.05) is 30.3 Å². The number of fused-ring (bicyclic) bond motifs is 1. The molecule has 170 valence electrons. The average Bonchev–Trinajstić information content (AvgIpc) is 2.87. The summed E-state index contributed by atoms with van der Waals surface area (Å²) in [6.07, 6.45) is 0. The Bertz CT molecular complexity index is 1370. The van der Waals surface area contributed by atoms with Crippen LogP contribution in [0.3, 0.4) is 0 Å². The topological polar surface area (TPSA) is 81.7 Å². The Morgan fingerprint density at radius 2 is 1.47 bits per heavy atom. The van der Waals surface area contributed by atoms with E-state index in [2.05, 4.69) is 5.32 Å². The molecule has 0 bridgehead atoms. The van der Waals surface area contributed by atoms with Gasteiger partial charge in [-0.25, -0.2) is 9.18 Å². The predicted molar refractivity (Wildman–Crippen MR) is 126 cm³/mol. The average molecular weight is 457 g/mol. The fraction of sp³-hybridized carbons (Fsp3) is 0.0741. The zero-order chi connectivity index (χ0) is 23.9. The molecule has 7 heteroatoms. The summed E-state index contributed by atoms with van der Waals surface area (Å²) in [6.45, 7) is -0.895. The first-order valence-electron chi connectivity index (χ1n) is 10.5. The second-order valence-corrected chi connectivity index (χ2v) is 7.37. The largest absolute Gasteiger partial charge is 0.483 e. The Morgan fingerprint density at radius 1 is 0.765 bits per heavy atom. The van der Waals surface area contributed by atoms with E-state index in [0.29, 0.717) is 5.56 Å². The molecule has 1 amide bonds. The molecule has 0 saturated carbocycles. The van der Waals surface area contributed by atoms with Gasteiger partial charge in [0.1, 0.15) is 17.1 Å². The maximum atomic E-state index is 13.7. The third kappa shape index (κ3) is 5.45. The van der Waals surface area contributed by atoms with E-state index in [1.54, 1.807) is 30.3 Å². The third-order valence-corrected chi connectivity index (χ3v) is 5.02. The number of anilines is 1. The fourth-order valence-corrected chi connectivity index (χ4v) is 3.31. The number of Topliss-reactive ketones (excluding diaryl/α,β-unsaturated/α-hetero) is 1. The lowest BCUT2D eigenvalue weighted by atomic mass is 10.0. The van der Waals surface area contributed by atoms with Crippen molar-refractivity contribution >= 4 is 34.1 Å². The minimum Gasteiger partial charge on any atom is -0.483 e. The first kappa shape index (κ1) is 22.7. The zero-order valence-corrected chi connectivity index (χ0v) is 18.0. The van der Waals surface area contributed by atoms with Gasteiger partial charge in [-0.1, -0.05) is 60.7 Å². The second kappa shape index (κ2) is 10.4. The van der Waals surface area contributed by atoms with Crippen molar-refractivity contribution in [2.75, 3.05) is 18.5 Å². The standard InChI is InChI=1S/C27H20FNO5/c28-22-10-4-5-11-23(22)29-26(31)17-33-25-12-6-3-9-21(25)27(32)34-16-24(30)20-14-13-18-7-1-2-8-19(18)15-20/h1-15H,16-17H2,(H,29,31). The minimum atomic E-state index is -0.765. The number of hydrogen-bond donors (Lipinski definition) is 1. The van der Waals surface area contributed by atoms with Gasteiger partial charge in [-0.3, -0.25) is 9.59 Å². The Labute approximate surface area is 194 Å². The van der Waals surface area contributed by atoms with E-state index in [1.165, 1.54) is 30.3 Å². The number of benzene rings is 4. The summed E-state index contributed by atoms with van der Waals surface area (Å²) in [4.78, 5) is 37.2. The number of carbonyl (C=O) groups is 3. The lowest BCUT2D eigenvalue weighted by Crippen LogP contribution is -2.22. The van der Waals surface area contributed by atoms with Crippen molar-refractivity contribution in [3.05, 3.63) is 108 Å². The number of rotatable bonds is 8. The van der Waals surface area contributed by atoms with Crippen LogP contribution in [-0.2, 0) is 9.53 Å². The zero-order valence-electron chi connectivity index (χ0n) is 18.0. The maximum Gasteiger partial charge on any atom is 0.342 e. The highest BCUT2D eigenvalue weighted by Gasteiger charge is 2.17. The molecule has 0 saturated heterocycles. The van der Waals surface area contributed by atoms with Crippen LogP contribution in [0.4, 0.5) is 10.1 Å². The highest BCUT2D eigenvalue weighted by atomic mass is 19.1. The van der Waals surface area contributed by atoms with Gasteiger partial charge < -0.3 is 14.8 Å². The SMILES string of the molecule is O=C(COc1ccccc1C(=O)OCC(=O)c1ccc2ccccc2c1)Nc1ccccc1F. The summed E-state index contributed by atoms with van der Waals surface area (Å²) in [5.41, 5.74) is 0.518. The number of carbonyl (C=O) groups excluding carboxylic acids is 3. The molecule has 4 aromatic rings. The molecule has 0 radical (unpaired) electrons. The molecule has 0 aromatic heterocycles. The first-order valence-corrected chi connectivity index (χ1v) is 10.5. The quantitative estimate of drug-likeness (QED) is 0.296. The molecule has 0 aliphatic heterocycles. The number of ketones is 1. The van der Waals surface area contributed by atoms with E-state index >= 15 is 0 Å². The number of halogens is 1. The predicted octanol–water partition coefficient (Wildman–Crippen LogP) is 5.04. The highest BCUT2D eigenvalue weighted by Crippen LogP contribution is 2.20. The molecule has 0 fully saturated rings. The maximum absolute atomic E-state index is 13.7. The molecule has 4 aromatic carbocycles. The normalized spacial score (nSPS) is 10.5. The smallest absolute Gasteiger partial charge is 0.342 e. The van der Waals surface area contributed by atoms with Crippen molar-refractivity contribution in [2.24, 2.45) is 0 Å².